The molecule has 2 fully saturated rings. The van der Waals surface area contributed by atoms with Crippen molar-refractivity contribution in [3.63, 3.8) is 0 Å². The van der Waals surface area contributed by atoms with Crippen LogP contribution in [0.4, 0.5) is 0 Å². The fraction of sp³-hybridized carbons (Fsp3) is 0.706. The number of piperidine rings is 2. The third-order valence-corrected chi connectivity index (χ3v) is 5.69. The molecule has 0 aliphatic carbocycles. The number of hydrogen-bond acceptors (Lipinski definition) is 4. The van der Waals surface area contributed by atoms with Gasteiger partial charge in [0, 0.05) is 24.7 Å². The molecule has 126 valence electrons. The first-order valence-corrected chi connectivity index (χ1v) is 8.94. The molecule has 2 aliphatic heterocycles. The van der Waals surface area contributed by atoms with Crippen molar-refractivity contribution in [3.8, 4) is 0 Å². The normalized spacial score (nSPS) is 21.6. The van der Waals surface area contributed by atoms with Gasteiger partial charge in [-0.15, -0.1) is 0 Å². The molecule has 0 spiro atoms. The first-order chi connectivity index (χ1) is 11.1. The van der Waals surface area contributed by atoms with Gasteiger partial charge in [0.05, 0.1) is 0 Å². The smallest absolute Gasteiger partial charge is 0.272 e. The van der Waals surface area contributed by atoms with Gasteiger partial charge in [0.25, 0.3) is 5.91 Å². The molecule has 0 unspecified atom stereocenters. The summed E-state index contributed by atoms with van der Waals surface area (Å²) in [6.45, 7) is 8.17. The summed E-state index contributed by atoms with van der Waals surface area (Å²) >= 11 is 6.00. The number of amides is 1. The lowest BCUT2D eigenvalue weighted by Gasteiger charge is -2.41. The predicted molar refractivity (Wildman–Crippen MR) is 90.7 cm³/mol. The van der Waals surface area contributed by atoms with Crippen molar-refractivity contribution in [2.75, 3.05) is 26.2 Å². The Morgan fingerprint density at radius 1 is 1.13 bits per heavy atom. The average molecular weight is 337 g/mol. The molecule has 0 atom stereocenters. The first kappa shape index (κ1) is 16.7. The van der Waals surface area contributed by atoms with Crippen LogP contribution in [0.15, 0.2) is 6.33 Å². The Morgan fingerprint density at radius 2 is 1.78 bits per heavy atom. The van der Waals surface area contributed by atoms with E-state index in [9.17, 15) is 4.79 Å². The monoisotopic (exact) mass is 336 g/mol. The molecule has 0 N–H and O–H groups in total. The van der Waals surface area contributed by atoms with Gasteiger partial charge in [0.1, 0.15) is 17.2 Å². The summed E-state index contributed by atoms with van der Waals surface area (Å²) in [5.41, 5.74) is 1.11. The fourth-order valence-electron chi connectivity index (χ4n) is 3.62. The molecule has 1 amide bonds. The van der Waals surface area contributed by atoms with Crippen LogP contribution < -0.4 is 0 Å². The number of likely N-dealkylation sites (tertiary alicyclic amines) is 2. The minimum absolute atomic E-state index is 0.0162. The SMILES string of the molecule is Cc1c(Cl)ncnc1C(=O)N1CCC(N2CCC(C)CC2)CC1. The van der Waals surface area contributed by atoms with Gasteiger partial charge in [0.15, 0.2) is 0 Å². The molecule has 1 aromatic heterocycles. The first-order valence-electron chi connectivity index (χ1n) is 8.56. The van der Waals surface area contributed by atoms with Gasteiger partial charge < -0.3 is 9.80 Å². The Labute approximate surface area is 143 Å². The summed E-state index contributed by atoms with van der Waals surface area (Å²) in [7, 11) is 0. The summed E-state index contributed by atoms with van der Waals surface area (Å²) in [6.07, 6.45) is 6.08. The summed E-state index contributed by atoms with van der Waals surface area (Å²) in [4.78, 5) is 25.3. The molecule has 3 rings (SSSR count). The van der Waals surface area contributed by atoms with E-state index in [1.54, 1.807) is 6.92 Å². The summed E-state index contributed by atoms with van der Waals surface area (Å²) in [6, 6.07) is 0.627. The van der Waals surface area contributed by atoms with E-state index in [-0.39, 0.29) is 5.91 Å². The fourth-order valence-corrected chi connectivity index (χ4v) is 3.75. The second kappa shape index (κ2) is 7.14. The van der Waals surface area contributed by atoms with Crippen LogP contribution in [0.25, 0.3) is 0 Å². The molecule has 0 aromatic carbocycles. The van der Waals surface area contributed by atoms with Crippen molar-refractivity contribution in [2.24, 2.45) is 5.92 Å². The van der Waals surface area contributed by atoms with E-state index in [0.717, 1.165) is 31.8 Å². The third-order valence-electron chi connectivity index (χ3n) is 5.31. The Balaban J connectivity index is 1.58. The molecular weight excluding hydrogens is 312 g/mol. The lowest BCUT2D eigenvalue weighted by atomic mass is 9.95. The largest absolute Gasteiger partial charge is 0.337 e. The van der Waals surface area contributed by atoms with Crippen molar-refractivity contribution >= 4 is 17.5 Å². The second-order valence-electron chi connectivity index (χ2n) is 6.88. The summed E-state index contributed by atoms with van der Waals surface area (Å²) in [5.74, 6) is 0.843. The topological polar surface area (TPSA) is 49.3 Å². The highest BCUT2D eigenvalue weighted by Gasteiger charge is 2.30. The Bertz CT molecular complexity index is 564. The highest BCUT2D eigenvalue weighted by Crippen LogP contribution is 2.24. The van der Waals surface area contributed by atoms with Gasteiger partial charge >= 0.3 is 0 Å². The van der Waals surface area contributed by atoms with E-state index in [2.05, 4.69) is 21.8 Å². The van der Waals surface area contributed by atoms with Crippen molar-refractivity contribution in [1.82, 2.24) is 19.8 Å². The maximum Gasteiger partial charge on any atom is 0.272 e. The predicted octanol–water partition coefficient (Wildman–Crippen LogP) is 2.77. The number of aromatic nitrogens is 2. The zero-order valence-electron chi connectivity index (χ0n) is 14.0. The van der Waals surface area contributed by atoms with Crippen LogP contribution >= 0.6 is 11.6 Å². The molecule has 23 heavy (non-hydrogen) atoms. The van der Waals surface area contributed by atoms with Crippen molar-refractivity contribution < 1.29 is 4.79 Å². The molecule has 2 saturated heterocycles. The summed E-state index contributed by atoms with van der Waals surface area (Å²) in [5, 5.41) is 0.362. The third kappa shape index (κ3) is 3.66. The van der Waals surface area contributed by atoms with Crippen LogP contribution in [0.3, 0.4) is 0 Å². The quantitative estimate of drug-likeness (QED) is 0.779. The van der Waals surface area contributed by atoms with Crippen LogP contribution in [-0.2, 0) is 0 Å². The Hall–Kier alpha value is -1.20. The number of carbonyl (C=O) groups excluding carboxylic acids is 1. The van der Waals surface area contributed by atoms with Gasteiger partial charge in [-0.1, -0.05) is 18.5 Å². The van der Waals surface area contributed by atoms with Gasteiger partial charge in [0.2, 0.25) is 0 Å². The zero-order chi connectivity index (χ0) is 16.4. The van der Waals surface area contributed by atoms with Crippen LogP contribution in [-0.4, -0.2) is 57.9 Å². The van der Waals surface area contributed by atoms with E-state index < -0.39 is 0 Å². The lowest BCUT2D eigenvalue weighted by Crippen LogP contribution is -2.49. The van der Waals surface area contributed by atoms with E-state index in [1.807, 2.05) is 4.90 Å². The summed E-state index contributed by atoms with van der Waals surface area (Å²) < 4.78 is 0. The van der Waals surface area contributed by atoms with Gasteiger partial charge in [-0.2, -0.15) is 0 Å². The molecule has 1 aromatic rings. The number of nitrogens with zero attached hydrogens (tertiary/aromatic N) is 4. The van der Waals surface area contributed by atoms with Crippen LogP contribution in [0.5, 0.6) is 0 Å². The minimum atomic E-state index is -0.0162. The highest BCUT2D eigenvalue weighted by atomic mass is 35.5. The van der Waals surface area contributed by atoms with E-state index in [4.69, 9.17) is 11.6 Å². The molecule has 5 nitrogen and oxygen atoms in total. The van der Waals surface area contributed by atoms with Crippen LogP contribution in [0.2, 0.25) is 5.15 Å². The number of carbonyl (C=O) groups is 1. The van der Waals surface area contributed by atoms with Crippen LogP contribution in [0.1, 0.15) is 48.7 Å². The molecule has 3 heterocycles. The molecule has 6 heteroatoms. The van der Waals surface area contributed by atoms with Crippen molar-refractivity contribution in [3.05, 3.63) is 22.7 Å². The second-order valence-corrected chi connectivity index (χ2v) is 7.24. The molecule has 0 bridgehead atoms. The van der Waals surface area contributed by atoms with Crippen molar-refractivity contribution in [2.45, 2.75) is 45.6 Å². The van der Waals surface area contributed by atoms with Gasteiger partial charge in [-0.05, 0) is 51.6 Å². The van der Waals surface area contributed by atoms with E-state index >= 15 is 0 Å². The molecule has 2 aliphatic rings. The average Bonchev–Trinajstić information content (AvgIpc) is 2.58. The lowest BCUT2D eigenvalue weighted by molar-refractivity contribution is 0.0554. The van der Waals surface area contributed by atoms with E-state index in [0.29, 0.717) is 22.5 Å². The van der Waals surface area contributed by atoms with E-state index in [1.165, 1.54) is 32.3 Å². The Kier molecular flexibility index (Phi) is 5.17. The zero-order valence-corrected chi connectivity index (χ0v) is 14.7. The van der Waals surface area contributed by atoms with Crippen molar-refractivity contribution in [1.29, 1.82) is 0 Å². The number of halogens is 1. The maximum absolute atomic E-state index is 12.7. The maximum atomic E-state index is 12.7. The van der Waals surface area contributed by atoms with Gasteiger partial charge in [-0.3, -0.25) is 4.79 Å². The highest BCUT2D eigenvalue weighted by molar-refractivity contribution is 6.30. The van der Waals surface area contributed by atoms with Crippen LogP contribution in [0, 0.1) is 12.8 Å². The molecular formula is C17H25ClN4O. The number of hydrogen-bond donors (Lipinski definition) is 0. The minimum Gasteiger partial charge on any atom is -0.337 e. The Morgan fingerprint density at radius 3 is 2.43 bits per heavy atom. The molecule has 0 radical (unpaired) electrons. The molecule has 0 saturated carbocycles. The van der Waals surface area contributed by atoms with Gasteiger partial charge in [-0.25, -0.2) is 9.97 Å². The standard InChI is InChI=1S/C17H25ClN4O/c1-12-3-7-21(8-4-12)14-5-9-22(10-6-14)17(23)15-13(2)16(18)20-11-19-15/h11-12,14H,3-10H2,1-2H3. The number of rotatable bonds is 2.